The molecule has 152 valence electrons. The van der Waals surface area contributed by atoms with Crippen molar-refractivity contribution in [1.29, 1.82) is 0 Å². The van der Waals surface area contributed by atoms with Gasteiger partial charge in [0.2, 0.25) is 11.9 Å². The molecule has 2 aromatic rings. The fourth-order valence-corrected chi connectivity index (χ4v) is 4.12. The molecule has 0 spiro atoms. The van der Waals surface area contributed by atoms with Crippen molar-refractivity contribution in [3.8, 4) is 0 Å². The molecule has 1 aromatic carbocycles. The quantitative estimate of drug-likeness (QED) is 0.602. The van der Waals surface area contributed by atoms with Crippen LogP contribution in [-0.4, -0.2) is 52.8 Å². The summed E-state index contributed by atoms with van der Waals surface area (Å²) in [6.45, 7) is 5.50. The number of nitrogens with one attached hydrogen (secondary N) is 1. The van der Waals surface area contributed by atoms with E-state index >= 15 is 0 Å². The van der Waals surface area contributed by atoms with Crippen molar-refractivity contribution in [1.82, 2.24) is 14.4 Å². The number of anilines is 1. The predicted octanol–water partition coefficient (Wildman–Crippen LogP) is 2.66. The topological polar surface area (TPSA) is 73.8 Å². The highest BCUT2D eigenvalue weighted by Crippen LogP contribution is 2.34. The first kappa shape index (κ1) is 19.4. The molecule has 1 saturated heterocycles. The average Bonchev–Trinajstić information content (AvgIpc) is 3.20. The Labute approximate surface area is 174 Å². The van der Waals surface area contributed by atoms with Gasteiger partial charge in [-0.15, -0.1) is 0 Å². The Hall–Kier alpha value is -2.87. The smallest absolute Gasteiger partial charge is 0.384 e. The highest BCUT2D eigenvalue weighted by Gasteiger charge is 2.53. The molecule has 1 aromatic heterocycles. The van der Waals surface area contributed by atoms with Gasteiger partial charge in [0.05, 0.1) is 17.3 Å². The normalized spacial score (nSPS) is 18.1. The first-order chi connectivity index (χ1) is 13.8. The third-order valence-corrected chi connectivity index (χ3v) is 6.02. The summed E-state index contributed by atoms with van der Waals surface area (Å²) in [4.78, 5) is 32.4. The highest BCUT2D eigenvalue weighted by atomic mass is 35.5. The number of aliphatic imine (C=N–C) groups is 1. The molecule has 3 heterocycles. The van der Waals surface area contributed by atoms with Crippen LogP contribution in [0.5, 0.6) is 0 Å². The minimum Gasteiger partial charge on any atom is -0.384 e. The Balaban J connectivity index is 1.56. The number of amidine groups is 1. The summed E-state index contributed by atoms with van der Waals surface area (Å²) in [6, 6.07) is 6.71. The number of aromatic nitrogens is 2. The zero-order valence-electron chi connectivity index (χ0n) is 16.9. The van der Waals surface area contributed by atoms with E-state index in [2.05, 4.69) is 14.9 Å². The van der Waals surface area contributed by atoms with E-state index in [1.165, 1.54) is 11.9 Å². The van der Waals surface area contributed by atoms with Crippen LogP contribution < -0.4 is 9.88 Å². The second kappa shape index (κ2) is 7.18. The molecular formula is C20H24ClN6O2+. The van der Waals surface area contributed by atoms with E-state index in [1.807, 2.05) is 42.7 Å². The van der Waals surface area contributed by atoms with Crippen molar-refractivity contribution in [3.05, 3.63) is 40.7 Å². The number of carbonyl (C=O) groups excluding carboxylic acids is 2. The number of benzene rings is 1. The molecule has 1 unspecified atom stereocenters. The molecular weight excluding hydrogens is 392 g/mol. The molecule has 3 amide bonds. The van der Waals surface area contributed by atoms with Crippen molar-refractivity contribution >= 4 is 41.0 Å². The van der Waals surface area contributed by atoms with E-state index in [-0.39, 0.29) is 11.9 Å². The van der Waals surface area contributed by atoms with Crippen molar-refractivity contribution in [2.45, 2.75) is 32.9 Å². The van der Waals surface area contributed by atoms with Crippen LogP contribution in [-0.2, 0) is 11.3 Å². The van der Waals surface area contributed by atoms with Gasteiger partial charge in [0.1, 0.15) is 11.4 Å². The number of nitrogens with zero attached hydrogens (tertiary/aromatic N) is 5. The van der Waals surface area contributed by atoms with Gasteiger partial charge in [-0.2, -0.15) is 0 Å². The first-order valence-electron chi connectivity index (χ1n) is 9.56. The van der Waals surface area contributed by atoms with Crippen LogP contribution in [0.4, 0.5) is 16.4 Å². The van der Waals surface area contributed by atoms with Crippen molar-refractivity contribution in [3.63, 3.8) is 0 Å². The van der Waals surface area contributed by atoms with Crippen LogP contribution in [0.15, 0.2) is 29.3 Å². The number of para-hydroxylation sites is 1. The van der Waals surface area contributed by atoms with Crippen LogP contribution in [0.1, 0.15) is 23.9 Å². The summed E-state index contributed by atoms with van der Waals surface area (Å²) in [5.74, 6) is 0.941. The highest BCUT2D eigenvalue weighted by molar-refractivity contribution is 6.33. The molecule has 0 radical (unpaired) electrons. The Bertz CT molecular complexity index is 1040. The van der Waals surface area contributed by atoms with E-state index < -0.39 is 6.04 Å². The number of likely N-dealkylation sites (N-methyl/N-ethyl adjacent to an activating group) is 2. The van der Waals surface area contributed by atoms with Gasteiger partial charge in [0.25, 0.3) is 5.91 Å². The second-order valence-corrected chi connectivity index (χ2v) is 7.77. The lowest BCUT2D eigenvalue weighted by atomic mass is 10.1. The molecule has 0 bridgehead atoms. The zero-order valence-corrected chi connectivity index (χ0v) is 17.7. The number of urea groups is 1. The molecule has 9 heteroatoms. The number of imide groups is 1. The molecule has 8 nitrogen and oxygen atoms in total. The monoisotopic (exact) mass is 415 g/mol. The van der Waals surface area contributed by atoms with Crippen LogP contribution in [0.3, 0.4) is 0 Å². The molecule has 2 aliphatic rings. The Kier molecular flexibility index (Phi) is 4.82. The number of hydrogen-bond acceptors (Lipinski definition) is 4. The molecule has 1 atom stereocenters. The number of carbonyl (C=O) groups is 2. The number of fused-ring (bicyclic) bond motifs is 3. The largest absolute Gasteiger partial charge is 0.402 e. The minimum absolute atomic E-state index is 0.253. The van der Waals surface area contributed by atoms with Gasteiger partial charge < -0.3 is 5.32 Å². The van der Waals surface area contributed by atoms with Gasteiger partial charge in [0.15, 0.2) is 0 Å². The number of amides is 3. The maximum atomic E-state index is 12.8. The molecule has 0 aliphatic carbocycles. The van der Waals surface area contributed by atoms with Gasteiger partial charge in [0, 0.05) is 20.6 Å². The molecule has 29 heavy (non-hydrogen) atoms. The summed E-state index contributed by atoms with van der Waals surface area (Å²) in [6.07, 6.45) is 0.853. The lowest BCUT2D eigenvalue weighted by Crippen LogP contribution is -2.56. The van der Waals surface area contributed by atoms with Crippen molar-refractivity contribution in [2.75, 3.05) is 26.0 Å². The predicted molar refractivity (Wildman–Crippen MR) is 111 cm³/mol. The summed E-state index contributed by atoms with van der Waals surface area (Å²) in [7, 11) is 3.17. The average molecular weight is 416 g/mol. The van der Waals surface area contributed by atoms with Gasteiger partial charge in [-0.05, 0) is 32.4 Å². The fraction of sp³-hybridized carbons (Fsp3) is 0.400. The SMILES string of the molecule is Cc1c(C)[n+](CCCNc2ccccc2Cl)c2n1C1C(=O)N(C)C(=O)N(C)C1=N2. The molecule has 2 aliphatic heterocycles. The van der Waals surface area contributed by atoms with Crippen molar-refractivity contribution < 1.29 is 14.2 Å². The Morgan fingerprint density at radius 3 is 2.62 bits per heavy atom. The fourth-order valence-electron chi connectivity index (χ4n) is 3.91. The summed E-state index contributed by atoms with van der Waals surface area (Å²) in [5.41, 5.74) is 2.96. The molecule has 1 fully saturated rings. The zero-order chi connectivity index (χ0) is 20.9. The summed E-state index contributed by atoms with van der Waals surface area (Å²) in [5, 5.41) is 4.05. The van der Waals surface area contributed by atoms with Crippen LogP contribution in [0.25, 0.3) is 0 Å². The third-order valence-electron chi connectivity index (χ3n) is 5.69. The second-order valence-electron chi connectivity index (χ2n) is 7.36. The molecule has 4 rings (SSSR count). The summed E-state index contributed by atoms with van der Waals surface area (Å²) >= 11 is 6.19. The Morgan fingerprint density at radius 2 is 1.90 bits per heavy atom. The lowest BCUT2D eigenvalue weighted by Gasteiger charge is -2.30. The van der Waals surface area contributed by atoms with Gasteiger partial charge in [-0.25, -0.2) is 13.9 Å². The minimum atomic E-state index is -0.584. The van der Waals surface area contributed by atoms with E-state index in [1.54, 1.807) is 7.05 Å². The van der Waals surface area contributed by atoms with Gasteiger partial charge in [-0.1, -0.05) is 28.7 Å². The Morgan fingerprint density at radius 1 is 1.17 bits per heavy atom. The molecule has 0 saturated carbocycles. The maximum absolute atomic E-state index is 12.8. The van der Waals surface area contributed by atoms with E-state index in [9.17, 15) is 9.59 Å². The van der Waals surface area contributed by atoms with Crippen LogP contribution in [0, 0.1) is 13.8 Å². The van der Waals surface area contributed by atoms with Gasteiger partial charge >= 0.3 is 12.0 Å². The van der Waals surface area contributed by atoms with E-state index in [4.69, 9.17) is 11.6 Å². The van der Waals surface area contributed by atoms with E-state index in [0.717, 1.165) is 41.5 Å². The van der Waals surface area contributed by atoms with Crippen LogP contribution >= 0.6 is 11.6 Å². The number of rotatable bonds is 5. The lowest BCUT2D eigenvalue weighted by molar-refractivity contribution is -0.689. The molecule has 1 N–H and O–H groups in total. The van der Waals surface area contributed by atoms with Gasteiger partial charge in [-0.3, -0.25) is 14.6 Å². The van der Waals surface area contributed by atoms with Crippen LogP contribution in [0.2, 0.25) is 5.02 Å². The number of halogens is 1. The summed E-state index contributed by atoms with van der Waals surface area (Å²) < 4.78 is 4.05. The number of hydrogen-bond donors (Lipinski definition) is 1. The maximum Gasteiger partial charge on any atom is 0.402 e. The first-order valence-corrected chi connectivity index (χ1v) is 9.94. The third kappa shape index (κ3) is 2.98. The number of imidazole rings is 1. The van der Waals surface area contributed by atoms with Crippen molar-refractivity contribution in [2.24, 2.45) is 4.99 Å². The standard InChI is InChI=1S/C20H24ClN6O2/c1-12-13(2)27-16-17(24(3)20(29)25(4)18(16)28)23-19(27)26(12)11-7-10-22-15-9-6-5-8-14(15)21/h5-6,8-9,16,22H,7,10-11H2,1-4H3/q+1. The van der Waals surface area contributed by atoms with E-state index in [0.29, 0.717) is 16.8 Å².